The Morgan fingerprint density at radius 1 is 1.36 bits per heavy atom. The van der Waals surface area contributed by atoms with Gasteiger partial charge in [0, 0.05) is 29.6 Å². The first-order valence-electron chi connectivity index (χ1n) is 11.8. The number of allylic oxidation sites excluding steroid dienone is 1. The first-order valence-corrected chi connectivity index (χ1v) is 12.2. The predicted octanol–water partition coefficient (Wildman–Crippen LogP) is 4.00. The largest absolute Gasteiger partial charge is 0.388 e. The lowest BCUT2D eigenvalue weighted by molar-refractivity contribution is -0.216. The Balaban J connectivity index is 1.64. The molecule has 4 rings (SSSR count). The number of aryl methyl sites for hydroxylation is 1. The summed E-state index contributed by atoms with van der Waals surface area (Å²) in [6, 6.07) is 8.28. The maximum atomic E-state index is 13.7. The van der Waals surface area contributed by atoms with Gasteiger partial charge in [-0.15, -0.1) is 0 Å². The van der Waals surface area contributed by atoms with Gasteiger partial charge >= 0.3 is 0 Å². The molecule has 0 bridgehead atoms. The average molecular weight is 561 g/mol. The summed E-state index contributed by atoms with van der Waals surface area (Å²) in [6.07, 6.45) is -0.820. The van der Waals surface area contributed by atoms with Gasteiger partial charge in [0.15, 0.2) is 23.3 Å². The normalized spacial score (nSPS) is 18.7. The van der Waals surface area contributed by atoms with E-state index in [0.717, 1.165) is 18.3 Å². The molecule has 1 aliphatic rings. The van der Waals surface area contributed by atoms with Gasteiger partial charge in [-0.05, 0) is 49.7 Å². The lowest BCUT2D eigenvalue weighted by Crippen LogP contribution is -2.47. The summed E-state index contributed by atoms with van der Waals surface area (Å²) in [5.41, 5.74) is 0.584. The zero-order valence-electron chi connectivity index (χ0n) is 20.8. The summed E-state index contributed by atoms with van der Waals surface area (Å²) in [5, 5.41) is 36.0. The molecule has 0 radical (unpaired) electrons. The van der Waals surface area contributed by atoms with Crippen molar-refractivity contribution in [1.29, 1.82) is 10.7 Å². The van der Waals surface area contributed by atoms with Crippen molar-refractivity contribution in [3.05, 3.63) is 81.8 Å². The quantitative estimate of drug-likeness (QED) is 0.252. The zero-order valence-corrected chi connectivity index (χ0v) is 21.6. The Bertz CT molecular complexity index is 1430. The molecule has 13 heteroatoms. The van der Waals surface area contributed by atoms with Gasteiger partial charge in [-0.1, -0.05) is 11.6 Å². The molecule has 0 spiro atoms. The number of nitrogens with zero attached hydrogens (tertiary/aromatic N) is 4. The van der Waals surface area contributed by atoms with Crippen molar-refractivity contribution in [1.82, 2.24) is 20.1 Å². The summed E-state index contributed by atoms with van der Waals surface area (Å²) in [4.78, 5) is 4.46. The van der Waals surface area contributed by atoms with Crippen molar-refractivity contribution < 1.29 is 27.8 Å². The Morgan fingerprint density at radius 2 is 2.08 bits per heavy atom. The van der Waals surface area contributed by atoms with Crippen LogP contribution in [0.15, 0.2) is 36.5 Å². The van der Waals surface area contributed by atoms with Crippen molar-refractivity contribution in [2.75, 3.05) is 13.2 Å². The number of aliphatic hydroxyl groups excluding tert-OH is 1. The summed E-state index contributed by atoms with van der Waals surface area (Å²) in [5.74, 6) is -3.84. The fraction of sp³-hybridized carbons (Fsp3) is 0.308. The van der Waals surface area contributed by atoms with Gasteiger partial charge in [-0.3, -0.25) is 0 Å². The van der Waals surface area contributed by atoms with Gasteiger partial charge < -0.3 is 25.3 Å². The minimum atomic E-state index is -1.61. The van der Waals surface area contributed by atoms with E-state index in [4.69, 9.17) is 26.5 Å². The molecule has 0 amide bonds. The van der Waals surface area contributed by atoms with E-state index in [9.17, 15) is 23.5 Å². The van der Waals surface area contributed by atoms with E-state index in [-0.39, 0.29) is 41.3 Å². The lowest BCUT2D eigenvalue weighted by Gasteiger charge is -2.37. The average Bonchev–Trinajstić information content (AvgIpc) is 3.29. The monoisotopic (exact) mass is 560 g/mol. The van der Waals surface area contributed by atoms with E-state index in [1.54, 1.807) is 25.1 Å². The van der Waals surface area contributed by atoms with E-state index in [1.165, 1.54) is 10.9 Å². The van der Waals surface area contributed by atoms with Crippen molar-refractivity contribution >= 4 is 23.4 Å². The highest BCUT2D eigenvalue weighted by molar-refractivity contribution is 6.30. The third-order valence-electron chi connectivity index (χ3n) is 6.08. The Hall–Kier alpha value is -3.76. The number of aliphatic hydroxyl groups is 1. The van der Waals surface area contributed by atoms with Gasteiger partial charge in [0.1, 0.15) is 30.2 Å². The predicted molar refractivity (Wildman–Crippen MR) is 136 cm³/mol. The number of hydrogen-bond donors (Lipinski definition) is 3. The number of benzene rings is 2. The molecule has 39 heavy (non-hydrogen) atoms. The first kappa shape index (κ1) is 28.3. The zero-order chi connectivity index (χ0) is 28.3. The molecule has 3 unspecified atom stereocenters. The third kappa shape index (κ3) is 6.12. The summed E-state index contributed by atoms with van der Waals surface area (Å²) in [6.45, 7) is 3.61. The molecule has 1 aromatic heterocycles. The molecule has 1 fully saturated rings. The molecular weight excluding hydrogens is 537 g/mol. The van der Waals surface area contributed by atoms with Crippen LogP contribution in [-0.2, 0) is 9.47 Å². The summed E-state index contributed by atoms with van der Waals surface area (Å²) in [7, 11) is 0. The highest BCUT2D eigenvalue weighted by Crippen LogP contribution is 2.30. The van der Waals surface area contributed by atoms with Crippen LogP contribution in [0, 0.1) is 41.1 Å². The fourth-order valence-corrected chi connectivity index (χ4v) is 4.09. The van der Waals surface area contributed by atoms with E-state index in [0.29, 0.717) is 23.1 Å². The molecule has 3 aromatic rings. The van der Waals surface area contributed by atoms with Crippen LogP contribution in [0.5, 0.6) is 0 Å². The van der Waals surface area contributed by atoms with Crippen LogP contribution < -0.4 is 5.32 Å². The molecule has 1 saturated heterocycles. The van der Waals surface area contributed by atoms with Crippen LogP contribution in [0.25, 0.3) is 11.3 Å². The van der Waals surface area contributed by atoms with Crippen molar-refractivity contribution in [3.63, 3.8) is 0 Å². The number of halogens is 4. The molecule has 204 valence electrons. The van der Waals surface area contributed by atoms with Gasteiger partial charge in [0.2, 0.25) is 0 Å². The van der Waals surface area contributed by atoms with Crippen LogP contribution in [0.2, 0.25) is 5.02 Å². The van der Waals surface area contributed by atoms with Crippen LogP contribution >= 0.6 is 11.6 Å². The molecule has 4 atom stereocenters. The highest BCUT2D eigenvalue weighted by Gasteiger charge is 2.37. The molecule has 0 saturated carbocycles. The summed E-state index contributed by atoms with van der Waals surface area (Å²) >= 11 is 6.18. The third-order valence-corrected chi connectivity index (χ3v) is 6.31. The minimum absolute atomic E-state index is 0.0371. The van der Waals surface area contributed by atoms with Crippen LogP contribution in [0.4, 0.5) is 13.2 Å². The van der Waals surface area contributed by atoms with Crippen LogP contribution in [0.1, 0.15) is 35.8 Å². The van der Waals surface area contributed by atoms with E-state index in [2.05, 4.69) is 21.5 Å². The number of aromatic nitrogens is 3. The molecule has 3 N–H and O–H groups in total. The smallest absolute Gasteiger partial charge is 0.194 e. The highest BCUT2D eigenvalue weighted by atomic mass is 35.5. The number of nitriles is 1. The molecule has 2 heterocycles. The molecular formula is C26H24ClF3N6O3. The van der Waals surface area contributed by atoms with E-state index in [1.807, 2.05) is 6.92 Å². The SMILES string of the molecule is Cc1nc(C(OC2COC2C)[C@@H](O)CN/C=C(\C=N)c2cc(F)c(F)c(F)c2)n(-c2cc(Cl)ccc2C#N)n1. The van der Waals surface area contributed by atoms with Gasteiger partial charge in [0.25, 0.3) is 0 Å². The van der Waals surface area contributed by atoms with E-state index >= 15 is 0 Å². The van der Waals surface area contributed by atoms with Gasteiger partial charge in [-0.25, -0.2) is 22.8 Å². The van der Waals surface area contributed by atoms with Crippen molar-refractivity contribution in [2.24, 2.45) is 0 Å². The molecule has 0 aliphatic carbocycles. The van der Waals surface area contributed by atoms with Gasteiger partial charge in [-0.2, -0.15) is 10.4 Å². The number of hydrogen-bond acceptors (Lipinski definition) is 8. The molecule has 2 aromatic carbocycles. The second-order valence-electron chi connectivity index (χ2n) is 8.81. The van der Waals surface area contributed by atoms with Gasteiger partial charge in [0.05, 0.1) is 24.0 Å². The maximum Gasteiger partial charge on any atom is 0.194 e. The second-order valence-corrected chi connectivity index (χ2v) is 9.25. The van der Waals surface area contributed by atoms with E-state index < -0.39 is 29.7 Å². The summed E-state index contributed by atoms with van der Waals surface area (Å²) < 4.78 is 53.7. The van der Waals surface area contributed by atoms with Crippen LogP contribution in [-0.4, -0.2) is 57.5 Å². The standard InChI is InChI=1S/C26H24ClF3N6O3/c1-13-23(12-38-13)39-25(26-34-14(2)35-36(26)21-7-18(27)4-3-15(21)8-31)22(37)11-33-10-17(9-32)16-5-19(28)24(30)20(29)6-16/h3-7,9-10,13,22-23,25,32-33,37H,11-12H2,1-2H3/b17-10+,32-9?/t13?,22-,23?,25?/m0/s1. The molecule has 1 aliphatic heterocycles. The fourth-order valence-electron chi connectivity index (χ4n) is 3.92. The van der Waals surface area contributed by atoms with Crippen molar-refractivity contribution in [3.8, 4) is 11.8 Å². The number of ether oxygens (including phenoxy) is 2. The van der Waals surface area contributed by atoms with Crippen molar-refractivity contribution in [2.45, 2.75) is 38.3 Å². The molecule has 9 nitrogen and oxygen atoms in total. The Kier molecular flexibility index (Phi) is 8.66. The number of nitrogens with one attached hydrogen (secondary N) is 2. The first-order chi connectivity index (χ1) is 18.6. The lowest BCUT2D eigenvalue weighted by atomic mass is 10.1. The Morgan fingerprint density at radius 3 is 2.67 bits per heavy atom. The number of rotatable bonds is 10. The topological polar surface area (TPSA) is 129 Å². The minimum Gasteiger partial charge on any atom is -0.388 e. The maximum absolute atomic E-state index is 13.7. The van der Waals surface area contributed by atoms with Crippen LogP contribution in [0.3, 0.4) is 0 Å². The second kappa shape index (κ2) is 12.0. The Labute approximate surface area is 227 Å².